The van der Waals surface area contributed by atoms with Crippen molar-refractivity contribution in [3.05, 3.63) is 48.0 Å². The van der Waals surface area contributed by atoms with E-state index in [0.29, 0.717) is 32.0 Å². The van der Waals surface area contributed by atoms with Gasteiger partial charge in [-0.05, 0) is 49.1 Å². The van der Waals surface area contributed by atoms with Crippen molar-refractivity contribution in [1.82, 2.24) is 0 Å². The fourth-order valence-electron chi connectivity index (χ4n) is 2.36. The van der Waals surface area contributed by atoms with Crippen LogP contribution in [0.25, 0.3) is 0 Å². The molecule has 25 heavy (non-hydrogen) atoms. The fourth-order valence-corrected chi connectivity index (χ4v) is 2.36. The Morgan fingerprint density at radius 1 is 1.00 bits per heavy atom. The molecule has 138 valence electrons. The molecule has 0 amide bonds. The molecule has 0 aliphatic carbocycles. The van der Waals surface area contributed by atoms with Crippen molar-refractivity contribution in [2.75, 3.05) is 13.2 Å². The van der Waals surface area contributed by atoms with Gasteiger partial charge in [0.1, 0.15) is 0 Å². The van der Waals surface area contributed by atoms with E-state index in [4.69, 9.17) is 9.47 Å². The summed E-state index contributed by atoms with van der Waals surface area (Å²) in [5.41, 5.74) is 2.47. The topological polar surface area (TPSA) is 52.6 Å². The molecule has 0 saturated carbocycles. The highest BCUT2D eigenvalue weighted by molar-refractivity contribution is 5.81. The Bertz CT molecular complexity index is 531. The van der Waals surface area contributed by atoms with Crippen molar-refractivity contribution in [2.24, 2.45) is 0 Å². The van der Waals surface area contributed by atoms with Gasteiger partial charge in [-0.25, -0.2) is 4.79 Å². The molecule has 0 unspecified atom stereocenters. The first kappa shape index (κ1) is 20.9. The number of ether oxygens (including phenoxy) is 2. The van der Waals surface area contributed by atoms with Crippen LogP contribution in [0.15, 0.2) is 36.9 Å². The summed E-state index contributed by atoms with van der Waals surface area (Å²) in [5, 5.41) is 0. The minimum Gasteiger partial charge on any atom is -0.466 e. The van der Waals surface area contributed by atoms with E-state index in [1.165, 1.54) is 5.56 Å². The quantitative estimate of drug-likeness (QED) is 0.316. The second kappa shape index (κ2) is 12.3. The van der Waals surface area contributed by atoms with Gasteiger partial charge in [0.15, 0.2) is 0 Å². The predicted molar refractivity (Wildman–Crippen MR) is 99.4 cm³/mol. The van der Waals surface area contributed by atoms with Gasteiger partial charge in [0, 0.05) is 12.5 Å². The zero-order valence-corrected chi connectivity index (χ0v) is 15.5. The third-order valence-electron chi connectivity index (χ3n) is 3.98. The Labute approximate surface area is 151 Å². The number of aryl methyl sites for hydroxylation is 1. The molecule has 0 bridgehead atoms. The SMILES string of the molecule is C=CC(=O)OCCCCCCOC(=O)CCc1ccc(C(C)C)cc1. The summed E-state index contributed by atoms with van der Waals surface area (Å²) in [4.78, 5) is 22.6. The van der Waals surface area contributed by atoms with E-state index in [0.717, 1.165) is 37.3 Å². The molecule has 0 saturated heterocycles. The monoisotopic (exact) mass is 346 g/mol. The zero-order chi connectivity index (χ0) is 18.5. The van der Waals surface area contributed by atoms with Crippen LogP contribution in [0, 0.1) is 0 Å². The van der Waals surface area contributed by atoms with Crippen molar-refractivity contribution >= 4 is 11.9 Å². The minimum absolute atomic E-state index is 0.146. The smallest absolute Gasteiger partial charge is 0.330 e. The summed E-state index contributed by atoms with van der Waals surface area (Å²) in [7, 11) is 0. The number of benzene rings is 1. The first-order chi connectivity index (χ1) is 12.0. The third kappa shape index (κ3) is 9.70. The molecule has 0 aromatic heterocycles. The van der Waals surface area contributed by atoms with Crippen molar-refractivity contribution in [2.45, 2.75) is 58.3 Å². The molecule has 0 spiro atoms. The molecule has 1 aromatic carbocycles. The minimum atomic E-state index is -0.382. The van der Waals surface area contributed by atoms with Gasteiger partial charge in [0.2, 0.25) is 0 Å². The summed E-state index contributed by atoms with van der Waals surface area (Å²) in [5.74, 6) is -0.00585. The molecule has 0 atom stereocenters. The normalized spacial score (nSPS) is 10.5. The maximum Gasteiger partial charge on any atom is 0.330 e. The lowest BCUT2D eigenvalue weighted by atomic mass is 10.0. The number of hydrogen-bond acceptors (Lipinski definition) is 4. The number of rotatable bonds is 12. The lowest BCUT2D eigenvalue weighted by molar-refractivity contribution is -0.144. The predicted octanol–water partition coefficient (Wildman–Crippen LogP) is 4.58. The van der Waals surface area contributed by atoms with Crippen LogP contribution < -0.4 is 0 Å². The summed E-state index contributed by atoms with van der Waals surface area (Å²) >= 11 is 0. The van der Waals surface area contributed by atoms with E-state index in [-0.39, 0.29) is 11.9 Å². The number of unbranched alkanes of at least 4 members (excludes halogenated alkanes) is 3. The number of hydrogen-bond donors (Lipinski definition) is 0. The zero-order valence-electron chi connectivity index (χ0n) is 15.5. The average molecular weight is 346 g/mol. The molecule has 0 N–H and O–H groups in total. The Balaban J connectivity index is 2.03. The van der Waals surface area contributed by atoms with Gasteiger partial charge in [0.25, 0.3) is 0 Å². The third-order valence-corrected chi connectivity index (χ3v) is 3.98. The van der Waals surface area contributed by atoms with Gasteiger partial charge >= 0.3 is 11.9 Å². The second-order valence-corrected chi connectivity index (χ2v) is 6.40. The lowest BCUT2D eigenvalue weighted by Crippen LogP contribution is -2.07. The van der Waals surface area contributed by atoms with Crippen molar-refractivity contribution in [3.63, 3.8) is 0 Å². The van der Waals surface area contributed by atoms with E-state index >= 15 is 0 Å². The van der Waals surface area contributed by atoms with Crippen molar-refractivity contribution in [3.8, 4) is 0 Å². The van der Waals surface area contributed by atoms with Gasteiger partial charge < -0.3 is 9.47 Å². The van der Waals surface area contributed by atoms with Crippen LogP contribution in [-0.2, 0) is 25.5 Å². The molecule has 0 aliphatic heterocycles. The molecular weight excluding hydrogens is 316 g/mol. The van der Waals surface area contributed by atoms with E-state index in [2.05, 4.69) is 44.7 Å². The molecule has 0 aliphatic rings. The summed E-state index contributed by atoms with van der Waals surface area (Å²) in [6, 6.07) is 8.42. The van der Waals surface area contributed by atoms with Gasteiger partial charge in [0.05, 0.1) is 13.2 Å². The first-order valence-electron chi connectivity index (χ1n) is 9.06. The highest BCUT2D eigenvalue weighted by Crippen LogP contribution is 2.15. The lowest BCUT2D eigenvalue weighted by Gasteiger charge is -2.07. The Kier molecular flexibility index (Phi) is 10.3. The summed E-state index contributed by atoms with van der Waals surface area (Å²) in [6.07, 6.45) is 5.85. The van der Waals surface area contributed by atoms with Gasteiger partial charge in [-0.1, -0.05) is 44.7 Å². The van der Waals surface area contributed by atoms with Crippen LogP contribution in [0.1, 0.15) is 63.0 Å². The van der Waals surface area contributed by atoms with Crippen LogP contribution in [0.3, 0.4) is 0 Å². The second-order valence-electron chi connectivity index (χ2n) is 6.40. The molecular formula is C21H30O4. The number of carbonyl (C=O) groups is 2. The molecule has 4 heteroatoms. The van der Waals surface area contributed by atoms with Gasteiger partial charge in [-0.2, -0.15) is 0 Å². The fraction of sp³-hybridized carbons (Fsp3) is 0.524. The Hall–Kier alpha value is -2.10. The first-order valence-corrected chi connectivity index (χ1v) is 9.06. The molecule has 1 aromatic rings. The summed E-state index contributed by atoms with van der Waals surface area (Å²) < 4.78 is 10.1. The van der Waals surface area contributed by atoms with E-state index in [1.807, 2.05) is 0 Å². The summed E-state index contributed by atoms with van der Waals surface area (Å²) in [6.45, 7) is 8.55. The van der Waals surface area contributed by atoms with E-state index in [1.54, 1.807) is 0 Å². The number of esters is 2. The molecule has 0 heterocycles. The Morgan fingerprint density at radius 3 is 2.16 bits per heavy atom. The number of carbonyl (C=O) groups excluding carboxylic acids is 2. The molecule has 1 rings (SSSR count). The van der Waals surface area contributed by atoms with E-state index in [9.17, 15) is 9.59 Å². The largest absolute Gasteiger partial charge is 0.466 e. The maximum absolute atomic E-state index is 11.7. The molecule has 4 nitrogen and oxygen atoms in total. The van der Waals surface area contributed by atoms with Crippen molar-refractivity contribution in [1.29, 1.82) is 0 Å². The van der Waals surface area contributed by atoms with Crippen LogP contribution in [0.2, 0.25) is 0 Å². The van der Waals surface area contributed by atoms with E-state index < -0.39 is 0 Å². The standard InChI is InChI=1S/C21H30O4/c1-4-20(22)24-15-7-5-6-8-16-25-21(23)14-11-18-9-12-19(13-10-18)17(2)3/h4,9-10,12-13,17H,1,5-8,11,14-16H2,2-3H3. The molecule has 0 fully saturated rings. The Morgan fingerprint density at radius 2 is 1.60 bits per heavy atom. The van der Waals surface area contributed by atoms with Gasteiger partial charge in [-0.15, -0.1) is 0 Å². The van der Waals surface area contributed by atoms with Crippen LogP contribution in [0.4, 0.5) is 0 Å². The maximum atomic E-state index is 11.7. The highest BCUT2D eigenvalue weighted by atomic mass is 16.5. The van der Waals surface area contributed by atoms with Crippen LogP contribution in [-0.4, -0.2) is 25.2 Å². The van der Waals surface area contributed by atoms with Crippen LogP contribution in [0.5, 0.6) is 0 Å². The molecule has 0 radical (unpaired) electrons. The van der Waals surface area contributed by atoms with Crippen LogP contribution >= 0.6 is 0 Å². The average Bonchev–Trinajstić information content (AvgIpc) is 2.62. The van der Waals surface area contributed by atoms with Gasteiger partial charge in [-0.3, -0.25) is 4.79 Å². The van der Waals surface area contributed by atoms with Crippen molar-refractivity contribution < 1.29 is 19.1 Å². The highest BCUT2D eigenvalue weighted by Gasteiger charge is 2.05.